The predicted octanol–water partition coefficient (Wildman–Crippen LogP) is 16.0. The minimum atomic E-state index is 0.896. The maximum Gasteiger partial charge on any atom is 0.143 e. The van der Waals surface area contributed by atoms with Crippen molar-refractivity contribution < 1.29 is 4.42 Å². The number of rotatable bonds is 7. The molecule has 0 saturated heterocycles. The lowest BCUT2D eigenvalue weighted by Gasteiger charge is -2.29. The Morgan fingerprint density at radius 2 is 0.845 bits per heavy atom. The minimum Gasteiger partial charge on any atom is -0.455 e. The predicted molar refractivity (Wildman–Crippen MR) is 245 cm³/mol. The first-order valence-corrected chi connectivity index (χ1v) is 19.8. The zero-order valence-electron chi connectivity index (χ0n) is 31.7. The number of fused-ring (bicyclic) bond motifs is 6. The number of para-hydroxylation sites is 3. The summed E-state index contributed by atoms with van der Waals surface area (Å²) in [5.41, 5.74) is 14.3. The molecule has 58 heavy (non-hydrogen) atoms. The third kappa shape index (κ3) is 5.74. The Morgan fingerprint density at radius 1 is 0.293 bits per heavy atom. The van der Waals surface area contributed by atoms with Gasteiger partial charge >= 0.3 is 0 Å². The minimum absolute atomic E-state index is 0.896. The lowest BCUT2D eigenvalue weighted by atomic mass is 9.88. The molecule has 0 bridgehead atoms. The van der Waals surface area contributed by atoms with Crippen molar-refractivity contribution in [2.45, 2.75) is 0 Å². The standard InChI is InChI=1S/C56H37NO/c1-2-16-38(17-3-1)45-22-6-7-23-48(45)49-24-8-9-25-50(49)51-26-10-12-30-54(51)57(43-34-35-46-41(37-43)33-32-39-18-4-5-21-44(39)46)42-20-14-19-40(36-42)47-28-15-29-53-52-27-11-13-31-55(52)58-56(47)53/h1-37H. The van der Waals surface area contributed by atoms with Crippen LogP contribution in [-0.2, 0) is 0 Å². The molecule has 2 nitrogen and oxygen atoms in total. The van der Waals surface area contributed by atoms with E-state index in [1.807, 2.05) is 12.1 Å². The van der Waals surface area contributed by atoms with Crippen molar-refractivity contribution >= 4 is 60.5 Å². The first kappa shape index (κ1) is 33.6. The second-order valence-corrected chi connectivity index (χ2v) is 14.8. The van der Waals surface area contributed by atoms with Crippen molar-refractivity contribution in [1.82, 2.24) is 0 Å². The van der Waals surface area contributed by atoms with Crippen LogP contribution in [0.1, 0.15) is 0 Å². The van der Waals surface area contributed by atoms with Crippen LogP contribution in [0.5, 0.6) is 0 Å². The molecule has 0 N–H and O–H groups in total. The van der Waals surface area contributed by atoms with Crippen LogP contribution in [0.15, 0.2) is 229 Å². The topological polar surface area (TPSA) is 16.4 Å². The molecule has 0 radical (unpaired) electrons. The summed E-state index contributed by atoms with van der Waals surface area (Å²) in [7, 11) is 0. The molecule has 0 saturated carbocycles. The molecule has 0 aliphatic heterocycles. The molecule has 0 fully saturated rings. The SMILES string of the molecule is c1ccc(-c2ccccc2-c2ccccc2-c2ccccc2N(c2cccc(-c3cccc4c3oc3ccccc34)c2)c2ccc3c(ccc4ccccc43)c2)cc1. The van der Waals surface area contributed by atoms with Gasteiger partial charge in [0.1, 0.15) is 11.2 Å². The van der Waals surface area contributed by atoms with Crippen LogP contribution in [0.4, 0.5) is 17.1 Å². The van der Waals surface area contributed by atoms with Crippen LogP contribution in [0, 0.1) is 0 Å². The van der Waals surface area contributed by atoms with Crippen molar-refractivity contribution in [3.63, 3.8) is 0 Å². The summed E-state index contributed by atoms with van der Waals surface area (Å²) in [6, 6.07) is 80.7. The molecular weight excluding hydrogens is 703 g/mol. The summed E-state index contributed by atoms with van der Waals surface area (Å²) < 4.78 is 6.55. The molecule has 272 valence electrons. The van der Waals surface area contributed by atoms with E-state index in [1.54, 1.807) is 0 Å². The highest BCUT2D eigenvalue weighted by molar-refractivity contribution is 6.11. The maximum atomic E-state index is 6.55. The zero-order chi connectivity index (χ0) is 38.4. The van der Waals surface area contributed by atoms with Crippen molar-refractivity contribution in [3.8, 4) is 44.5 Å². The number of nitrogens with zero attached hydrogens (tertiary/aromatic N) is 1. The van der Waals surface area contributed by atoms with E-state index >= 15 is 0 Å². The summed E-state index contributed by atoms with van der Waals surface area (Å²) in [5.74, 6) is 0. The van der Waals surface area contributed by atoms with E-state index in [0.29, 0.717) is 0 Å². The van der Waals surface area contributed by atoms with Gasteiger partial charge in [0.2, 0.25) is 0 Å². The molecular formula is C56H37NO. The molecule has 0 unspecified atom stereocenters. The van der Waals surface area contributed by atoms with E-state index in [2.05, 4.69) is 217 Å². The Morgan fingerprint density at radius 3 is 1.69 bits per heavy atom. The van der Waals surface area contributed by atoms with Gasteiger partial charge in [-0.2, -0.15) is 0 Å². The first-order valence-electron chi connectivity index (χ1n) is 19.8. The Labute approximate surface area is 337 Å². The van der Waals surface area contributed by atoms with Crippen LogP contribution in [-0.4, -0.2) is 0 Å². The Hall–Kier alpha value is -7.68. The lowest BCUT2D eigenvalue weighted by molar-refractivity contribution is 0.670. The summed E-state index contributed by atoms with van der Waals surface area (Å²) in [6.45, 7) is 0. The fraction of sp³-hybridized carbons (Fsp3) is 0. The second kappa shape index (κ2) is 14.1. The number of hydrogen-bond donors (Lipinski definition) is 0. The average Bonchev–Trinajstić information content (AvgIpc) is 3.69. The van der Waals surface area contributed by atoms with Gasteiger partial charge in [-0.25, -0.2) is 0 Å². The van der Waals surface area contributed by atoms with Gasteiger partial charge in [0.25, 0.3) is 0 Å². The molecule has 11 aromatic rings. The average molecular weight is 740 g/mol. The summed E-state index contributed by atoms with van der Waals surface area (Å²) in [6.07, 6.45) is 0. The van der Waals surface area contributed by atoms with E-state index in [4.69, 9.17) is 4.42 Å². The second-order valence-electron chi connectivity index (χ2n) is 14.8. The van der Waals surface area contributed by atoms with Gasteiger partial charge in [-0.15, -0.1) is 0 Å². The lowest BCUT2D eigenvalue weighted by Crippen LogP contribution is -2.11. The summed E-state index contributed by atoms with van der Waals surface area (Å²) in [5, 5.41) is 7.18. The summed E-state index contributed by atoms with van der Waals surface area (Å²) in [4.78, 5) is 2.42. The van der Waals surface area contributed by atoms with Crippen molar-refractivity contribution in [2.24, 2.45) is 0 Å². The van der Waals surface area contributed by atoms with Crippen molar-refractivity contribution in [2.75, 3.05) is 4.90 Å². The molecule has 2 heteroatoms. The summed E-state index contributed by atoms with van der Waals surface area (Å²) >= 11 is 0. The van der Waals surface area contributed by atoms with Crippen LogP contribution < -0.4 is 4.90 Å². The fourth-order valence-electron chi connectivity index (χ4n) is 8.79. The van der Waals surface area contributed by atoms with Gasteiger partial charge in [-0.1, -0.05) is 188 Å². The van der Waals surface area contributed by atoms with E-state index in [1.165, 1.54) is 49.4 Å². The number of anilines is 3. The molecule has 1 heterocycles. The molecule has 0 aliphatic carbocycles. The van der Waals surface area contributed by atoms with Crippen LogP contribution in [0.2, 0.25) is 0 Å². The van der Waals surface area contributed by atoms with E-state index in [0.717, 1.165) is 55.7 Å². The fourth-order valence-corrected chi connectivity index (χ4v) is 8.79. The smallest absolute Gasteiger partial charge is 0.143 e. The molecule has 10 aromatic carbocycles. The molecule has 1 aromatic heterocycles. The number of furan rings is 1. The maximum absolute atomic E-state index is 6.55. The highest BCUT2D eigenvalue weighted by Crippen LogP contribution is 2.47. The van der Waals surface area contributed by atoms with Gasteiger partial charge < -0.3 is 9.32 Å². The van der Waals surface area contributed by atoms with Gasteiger partial charge in [-0.05, 0) is 91.3 Å². The Bertz CT molecular complexity index is 3300. The van der Waals surface area contributed by atoms with Gasteiger partial charge in [0, 0.05) is 33.3 Å². The van der Waals surface area contributed by atoms with E-state index in [9.17, 15) is 0 Å². The van der Waals surface area contributed by atoms with Crippen LogP contribution >= 0.6 is 0 Å². The normalized spacial score (nSPS) is 11.4. The number of hydrogen-bond acceptors (Lipinski definition) is 2. The molecule has 0 atom stereocenters. The van der Waals surface area contributed by atoms with Crippen LogP contribution in [0.25, 0.3) is 88.0 Å². The monoisotopic (exact) mass is 739 g/mol. The highest BCUT2D eigenvalue weighted by atomic mass is 16.3. The molecule has 0 aliphatic rings. The van der Waals surface area contributed by atoms with Gasteiger partial charge in [-0.3, -0.25) is 0 Å². The largest absolute Gasteiger partial charge is 0.455 e. The Balaban J connectivity index is 1.13. The van der Waals surface area contributed by atoms with Crippen molar-refractivity contribution in [1.29, 1.82) is 0 Å². The third-order valence-electron chi connectivity index (χ3n) is 11.5. The molecule has 11 rings (SSSR count). The molecule has 0 spiro atoms. The van der Waals surface area contributed by atoms with E-state index < -0.39 is 0 Å². The van der Waals surface area contributed by atoms with Gasteiger partial charge in [0.15, 0.2) is 0 Å². The Kier molecular flexibility index (Phi) is 8.19. The number of benzene rings is 10. The van der Waals surface area contributed by atoms with Gasteiger partial charge in [0.05, 0.1) is 5.69 Å². The first-order chi connectivity index (χ1) is 28.8. The quantitative estimate of drug-likeness (QED) is 0.151. The highest BCUT2D eigenvalue weighted by Gasteiger charge is 2.22. The van der Waals surface area contributed by atoms with E-state index in [-0.39, 0.29) is 0 Å². The van der Waals surface area contributed by atoms with Crippen LogP contribution in [0.3, 0.4) is 0 Å². The third-order valence-corrected chi connectivity index (χ3v) is 11.5. The molecule has 0 amide bonds. The van der Waals surface area contributed by atoms with Crippen molar-refractivity contribution in [3.05, 3.63) is 224 Å². The zero-order valence-corrected chi connectivity index (χ0v) is 31.7.